The molecule has 0 radical (unpaired) electrons. The van der Waals surface area contributed by atoms with Gasteiger partial charge >= 0.3 is 0 Å². The van der Waals surface area contributed by atoms with Crippen LogP contribution in [-0.4, -0.2) is 33.7 Å². The number of amides is 1. The SMILES string of the molecule is CC(Br)C1CCN(C(=O)c2ccnc3ccccc23)CC1. The smallest absolute Gasteiger partial charge is 0.254 e. The van der Waals surface area contributed by atoms with Crippen LogP contribution >= 0.6 is 15.9 Å². The molecular weight excluding hydrogens is 328 g/mol. The van der Waals surface area contributed by atoms with Gasteiger partial charge < -0.3 is 4.90 Å². The highest BCUT2D eigenvalue weighted by Gasteiger charge is 2.26. The van der Waals surface area contributed by atoms with Gasteiger partial charge in [0.25, 0.3) is 5.91 Å². The Morgan fingerprint density at radius 1 is 1.29 bits per heavy atom. The Hall–Kier alpha value is -1.42. The van der Waals surface area contributed by atoms with Gasteiger partial charge in [-0.05, 0) is 30.9 Å². The summed E-state index contributed by atoms with van der Waals surface area (Å²) in [4.78, 5) is 19.6. The predicted octanol–water partition coefficient (Wildman–Crippen LogP) is 3.87. The quantitative estimate of drug-likeness (QED) is 0.773. The number of benzene rings is 1. The number of rotatable bonds is 2. The van der Waals surface area contributed by atoms with E-state index in [0.29, 0.717) is 10.7 Å². The molecule has 1 unspecified atom stereocenters. The molecule has 0 saturated carbocycles. The number of alkyl halides is 1. The second kappa shape index (κ2) is 6.14. The summed E-state index contributed by atoms with van der Waals surface area (Å²) in [5, 5.41) is 0.945. The third-order valence-corrected chi connectivity index (χ3v) is 5.10. The highest BCUT2D eigenvalue weighted by molar-refractivity contribution is 9.09. The fourth-order valence-corrected chi connectivity index (χ4v) is 3.54. The van der Waals surface area contributed by atoms with Gasteiger partial charge in [-0.25, -0.2) is 0 Å². The van der Waals surface area contributed by atoms with Crippen molar-refractivity contribution in [2.75, 3.05) is 13.1 Å². The summed E-state index contributed by atoms with van der Waals surface area (Å²) in [6.45, 7) is 3.88. The Morgan fingerprint density at radius 3 is 2.71 bits per heavy atom. The first kappa shape index (κ1) is 14.5. The number of pyridine rings is 1. The molecule has 1 aliphatic rings. The van der Waals surface area contributed by atoms with Crippen LogP contribution in [0.5, 0.6) is 0 Å². The van der Waals surface area contributed by atoms with E-state index in [-0.39, 0.29) is 5.91 Å². The van der Waals surface area contributed by atoms with Crippen molar-refractivity contribution < 1.29 is 4.79 Å². The molecule has 3 nitrogen and oxygen atoms in total. The Balaban J connectivity index is 1.82. The average molecular weight is 347 g/mol. The zero-order valence-corrected chi connectivity index (χ0v) is 13.7. The van der Waals surface area contributed by atoms with Crippen LogP contribution in [0.4, 0.5) is 0 Å². The van der Waals surface area contributed by atoms with E-state index in [1.807, 2.05) is 35.2 Å². The van der Waals surface area contributed by atoms with Crippen molar-refractivity contribution in [3.8, 4) is 0 Å². The fourth-order valence-electron chi connectivity index (χ4n) is 3.01. The van der Waals surface area contributed by atoms with Gasteiger partial charge in [-0.2, -0.15) is 0 Å². The zero-order valence-electron chi connectivity index (χ0n) is 12.1. The number of piperidine rings is 1. The largest absolute Gasteiger partial charge is 0.339 e. The number of halogens is 1. The van der Waals surface area contributed by atoms with Gasteiger partial charge in [0.15, 0.2) is 0 Å². The molecule has 1 fully saturated rings. The normalized spacial score (nSPS) is 17.9. The maximum atomic E-state index is 12.8. The summed E-state index contributed by atoms with van der Waals surface area (Å²) in [6, 6.07) is 9.67. The van der Waals surface area contributed by atoms with Gasteiger partial charge in [-0.15, -0.1) is 0 Å². The summed E-state index contributed by atoms with van der Waals surface area (Å²) in [7, 11) is 0. The first-order chi connectivity index (χ1) is 10.2. The number of hydrogen-bond donors (Lipinski definition) is 0. The molecule has 2 heterocycles. The lowest BCUT2D eigenvalue weighted by molar-refractivity contribution is 0.0693. The number of nitrogens with zero attached hydrogens (tertiary/aromatic N) is 2. The van der Waals surface area contributed by atoms with E-state index in [9.17, 15) is 4.79 Å². The Labute approximate surface area is 133 Å². The van der Waals surface area contributed by atoms with Gasteiger partial charge in [-0.3, -0.25) is 9.78 Å². The minimum Gasteiger partial charge on any atom is -0.339 e. The molecule has 3 rings (SSSR count). The number of carbonyl (C=O) groups excluding carboxylic acids is 1. The van der Waals surface area contributed by atoms with Crippen LogP contribution in [0.1, 0.15) is 30.1 Å². The Bertz CT molecular complexity index is 643. The average Bonchev–Trinajstić information content (AvgIpc) is 2.53. The van der Waals surface area contributed by atoms with E-state index in [1.165, 1.54) is 0 Å². The molecule has 2 aromatic rings. The molecule has 21 heavy (non-hydrogen) atoms. The lowest BCUT2D eigenvalue weighted by Crippen LogP contribution is -2.40. The number of hydrogen-bond acceptors (Lipinski definition) is 2. The molecule has 1 aliphatic heterocycles. The summed E-state index contributed by atoms with van der Waals surface area (Å²) in [5.41, 5.74) is 1.65. The summed E-state index contributed by atoms with van der Waals surface area (Å²) >= 11 is 3.66. The number of aromatic nitrogens is 1. The van der Waals surface area contributed by atoms with Crippen molar-refractivity contribution in [3.05, 3.63) is 42.1 Å². The van der Waals surface area contributed by atoms with Gasteiger partial charge in [0.05, 0.1) is 11.1 Å². The van der Waals surface area contributed by atoms with Gasteiger partial charge in [0.2, 0.25) is 0 Å². The molecule has 1 atom stereocenters. The molecule has 1 aromatic carbocycles. The second-order valence-corrected chi connectivity index (χ2v) is 7.13. The molecular formula is C17H19BrN2O. The molecule has 4 heteroatoms. The zero-order chi connectivity index (χ0) is 14.8. The van der Waals surface area contributed by atoms with Gasteiger partial charge in [-0.1, -0.05) is 41.1 Å². The van der Waals surface area contributed by atoms with Crippen LogP contribution in [0, 0.1) is 5.92 Å². The number of carbonyl (C=O) groups is 1. The van der Waals surface area contributed by atoms with Crippen LogP contribution in [-0.2, 0) is 0 Å². The molecule has 0 N–H and O–H groups in total. The van der Waals surface area contributed by atoms with E-state index < -0.39 is 0 Å². The maximum Gasteiger partial charge on any atom is 0.254 e. The van der Waals surface area contributed by atoms with Crippen LogP contribution in [0.25, 0.3) is 10.9 Å². The first-order valence-electron chi connectivity index (χ1n) is 7.44. The van der Waals surface area contributed by atoms with E-state index in [0.717, 1.165) is 42.4 Å². The number of para-hydroxylation sites is 1. The fraction of sp³-hybridized carbons (Fsp3) is 0.412. The highest BCUT2D eigenvalue weighted by atomic mass is 79.9. The van der Waals surface area contributed by atoms with Crippen molar-refractivity contribution in [1.82, 2.24) is 9.88 Å². The standard InChI is InChI=1S/C17H19BrN2O/c1-12(18)13-7-10-20(11-8-13)17(21)15-6-9-19-16-5-3-2-4-14(15)16/h2-6,9,12-13H,7-8,10-11H2,1H3. The first-order valence-corrected chi connectivity index (χ1v) is 8.35. The van der Waals surface area contributed by atoms with Crippen molar-refractivity contribution >= 4 is 32.7 Å². The minimum atomic E-state index is 0.134. The maximum absolute atomic E-state index is 12.8. The highest BCUT2D eigenvalue weighted by Crippen LogP contribution is 2.26. The molecule has 0 bridgehead atoms. The van der Waals surface area contributed by atoms with Crippen molar-refractivity contribution in [2.45, 2.75) is 24.6 Å². The molecule has 0 spiro atoms. The van der Waals surface area contributed by atoms with Gasteiger partial charge in [0, 0.05) is 29.5 Å². The van der Waals surface area contributed by atoms with E-state index in [1.54, 1.807) is 6.20 Å². The monoisotopic (exact) mass is 346 g/mol. The van der Waals surface area contributed by atoms with Gasteiger partial charge in [0.1, 0.15) is 0 Å². The number of likely N-dealkylation sites (tertiary alicyclic amines) is 1. The lowest BCUT2D eigenvalue weighted by Gasteiger charge is -2.33. The van der Waals surface area contributed by atoms with Crippen molar-refractivity contribution in [1.29, 1.82) is 0 Å². The minimum absolute atomic E-state index is 0.134. The topological polar surface area (TPSA) is 33.2 Å². The molecule has 1 aromatic heterocycles. The molecule has 1 amide bonds. The summed E-state index contributed by atoms with van der Waals surface area (Å²) in [6.07, 6.45) is 3.87. The second-order valence-electron chi connectivity index (χ2n) is 5.68. The van der Waals surface area contributed by atoms with Crippen LogP contribution in [0.3, 0.4) is 0 Å². The van der Waals surface area contributed by atoms with Crippen LogP contribution in [0.15, 0.2) is 36.5 Å². The summed E-state index contributed by atoms with van der Waals surface area (Å²) < 4.78 is 0. The van der Waals surface area contributed by atoms with E-state index >= 15 is 0 Å². The molecule has 0 aliphatic carbocycles. The van der Waals surface area contributed by atoms with Crippen LogP contribution < -0.4 is 0 Å². The van der Waals surface area contributed by atoms with E-state index in [2.05, 4.69) is 27.8 Å². The molecule has 110 valence electrons. The Morgan fingerprint density at radius 2 is 2.00 bits per heavy atom. The third-order valence-electron chi connectivity index (χ3n) is 4.36. The third kappa shape index (κ3) is 2.95. The molecule has 1 saturated heterocycles. The lowest BCUT2D eigenvalue weighted by atomic mass is 9.94. The predicted molar refractivity (Wildman–Crippen MR) is 88.8 cm³/mol. The van der Waals surface area contributed by atoms with Crippen molar-refractivity contribution in [3.63, 3.8) is 0 Å². The van der Waals surface area contributed by atoms with Crippen LogP contribution in [0.2, 0.25) is 0 Å². The summed E-state index contributed by atoms with van der Waals surface area (Å²) in [5.74, 6) is 0.803. The Kier molecular flexibility index (Phi) is 4.24. The van der Waals surface area contributed by atoms with Crippen molar-refractivity contribution in [2.24, 2.45) is 5.92 Å². The number of fused-ring (bicyclic) bond motifs is 1. The van der Waals surface area contributed by atoms with E-state index in [4.69, 9.17) is 0 Å².